The first kappa shape index (κ1) is 14.0. The van der Waals surface area contributed by atoms with Gasteiger partial charge in [-0.2, -0.15) is 5.10 Å². The Morgan fingerprint density at radius 3 is 2.95 bits per heavy atom. The molecule has 1 unspecified atom stereocenters. The van der Waals surface area contributed by atoms with Crippen molar-refractivity contribution in [2.24, 2.45) is 11.7 Å². The maximum atomic E-state index is 11.1. The van der Waals surface area contributed by atoms with E-state index < -0.39 is 11.5 Å². The molecule has 7 nitrogen and oxygen atoms in total. The van der Waals surface area contributed by atoms with Crippen LogP contribution in [-0.2, 0) is 17.9 Å². The van der Waals surface area contributed by atoms with Crippen molar-refractivity contribution in [1.82, 2.24) is 19.7 Å². The summed E-state index contributed by atoms with van der Waals surface area (Å²) >= 11 is 0. The molecule has 0 amide bonds. The molecule has 1 atom stereocenters. The van der Waals surface area contributed by atoms with Crippen molar-refractivity contribution in [2.45, 2.75) is 38.9 Å². The number of carbonyl (C=O) groups is 1. The van der Waals surface area contributed by atoms with E-state index in [1.807, 2.05) is 9.58 Å². The summed E-state index contributed by atoms with van der Waals surface area (Å²) in [6.45, 7) is 6.69. The van der Waals surface area contributed by atoms with E-state index in [0.717, 1.165) is 12.4 Å². The second-order valence-electron chi connectivity index (χ2n) is 5.67. The molecule has 1 saturated heterocycles. The Morgan fingerprint density at radius 1 is 1.63 bits per heavy atom. The Bertz CT molecular complexity index is 459. The number of rotatable bonds is 5. The van der Waals surface area contributed by atoms with Gasteiger partial charge in [0, 0.05) is 19.6 Å². The highest BCUT2D eigenvalue weighted by Gasteiger charge is 2.41. The molecule has 0 aliphatic carbocycles. The van der Waals surface area contributed by atoms with E-state index in [-0.39, 0.29) is 0 Å². The number of carboxylic acid groups (broad SMARTS) is 1. The summed E-state index contributed by atoms with van der Waals surface area (Å²) in [4.78, 5) is 17.4. The van der Waals surface area contributed by atoms with Gasteiger partial charge in [0.25, 0.3) is 0 Å². The molecule has 1 aliphatic heterocycles. The van der Waals surface area contributed by atoms with Gasteiger partial charge in [0.1, 0.15) is 17.7 Å². The molecular formula is C12H21N5O2. The van der Waals surface area contributed by atoms with E-state index >= 15 is 0 Å². The molecule has 0 bridgehead atoms. The van der Waals surface area contributed by atoms with Gasteiger partial charge < -0.3 is 10.8 Å². The summed E-state index contributed by atoms with van der Waals surface area (Å²) in [7, 11) is 0. The minimum absolute atomic E-state index is 0.358. The van der Waals surface area contributed by atoms with Crippen LogP contribution in [-0.4, -0.2) is 49.4 Å². The SMILES string of the molecule is CC(C)Cn1ncnc1CN1CCC(N)(C(=O)O)C1. The molecule has 0 saturated carbocycles. The van der Waals surface area contributed by atoms with Gasteiger partial charge in [-0.25, -0.2) is 9.67 Å². The minimum atomic E-state index is -1.12. The average Bonchev–Trinajstić information content (AvgIpc) is 2.88. The third-order valence-corrected chi connectivity index (χ3v) is 3.40. The summed E-state index contributed by atoms with van der Waals surface area (Å²) in [5, 5.41) is 13.3. The van der Waals surface area contributed by atoms with Crippen LogP contribution in [0.25, 0.3) is 0 Å². The fourth-order valence-electron chi connectivity index (χ4n) is 2.33. The van der Waals surface area contributed by atoms with Crippen LogP contribution in [0.15, 0.2) is 6.33 Å². The second-order valence-corrected chi connectivity index (χ2v) is 5.67. The van der Waals surface area contributed by atoms with Gasteiger partial charge in [0.2, 0.25) is 0 Å². The Labute approximate surface area is 112 Å². The number of nitrogens with two attached hydrogens (primary N) is 1. The number of nitrogens with zero attached hydrogens (tertiary/aromatic N) is 4. The summed E-state index contributed by atoms with van der Waals surface area (Å²) in [5.74, 6) is 0.425. The highest BCUT2D eigenvalue weighted by atomic mass is 16.4. The van der Waals surface area contributed by atoms with E-state index in [1.54, 1.807) is 6.33 Å². The molecule has 19 heavy (non-hydrogen) atoms. The quantitative estimate of drug-likeness (QED) is 0.774. The predicted octanol–water partition coefficient (Wildman–Crippen LogP) is -0.0781. The van der Waals surface area contributed by atoms with E-state index in [9.17, 15) is 4.79 Å². The van der Waals surface area contributed by atoms with Crippen LogP contribution in [0.3, 0.4) is 0 Å². The monoisotopic (exact) mass is 267 g/mol. The molecule has 1 aromatic heterocycles. The summed E-state index contributed by atoms with van der Waals surface area (Å²) < 4.78 is 1.88. The predicted molar refractivity (Wildman–Crippen MR) is 69.3 cm³/mol. The van der Waals surface area contributed by atoms with Crippen molar-refractivity contribution >= 4 is 5.97 Å². The highest BCUT2D eigenvalue weighted by molar-refractivity contribution is 5.79. The summed E-state index contributed by atoms with van der Waals surface area (Å²) in [6.07, 6.45) is 2.02. The molecule has 2 heterocycles. The number of hydrogen-bond acceptors (Lipinski definition) is 5. The van der Waals surface area contributed by atoms with Crippen molar-refractivity contribution < 1.29 is 9.90 Å². The lowest BCUT2D eigenvalue weighted by atomic mass is 10.0. The fourth-order valence-corrected chi connectivity index (χ4v) is 2.33. The fraction of sp³-hybridized carbons (Fsp3) is 0.750. The molecule has 1 aliphatic rings. The largest absolute Gasteiger partial charge is 0.480 e. The van der Waals surface area contributed by atoms with Crippen molar-refractivity contribution in [1.29, 1.82) is 0 Å². The summed E-state index contributed by atoms with van der Waals surface area (Å²) in [6, 6.07) is 0. The van der Waals surface area contributed by atoms with Crippen LogP contribution in [0.2, 0.25) is 0 Å². The molecule has 1 aromatic rings. The lowest BCUT2D eigenvalue weighted by Gasteiger charge is -2.20. The van der Waals surface area contributed by atoms with Crippen molar-refractivity contribution in [3.63, 3.8) is 0 Å². The number of hydrogen-bond donors (Lipinski definition) is 2. The standard InChI is InChI=1S/C12H21N5O2/c1-9(2)5-17-10(14-8-15-17)6-16-4-3-12(13,7-16)11(18)19/h8-9H,3-7,13H2,1-2H3,(H,18,19). The average molecular weight is 267 g/mol. The van der Waals surface area contributed by atoms with E-state index in [4.69, 9.17) is 10.8 Å². The third-order valence-electron chi connectivity index (χ3n) is 3.40. The van der Waals surface area contributed by atoms with Gasteiger partial charge in [-0.15, -0.1) is 0 Å². The smallest absolute Gasteiger partial charge is 0.325 e. The minimum Gasteiger partial charge on any atom is -0.480 e. The van der Waals surface area contributed by atoms with Crippen LogP contribution in [0.1, 0.15) is 26.1 Å². The lowest BCUT2D eigenvalue weighted by molar-refractivity contribution is -0.142. The van der Waals surface area contributed by atoms with Gasteiger partial charge >= 0.3 is 5.97 Å². The van der Waals surface area contributed by atoms with Gasteiger partial charge in [-0.3, -0.25) is 9.69 Å². The number of carboxylic acids is 1. The number of aliphatic carboxylic acids is 1. The van der Waals surface area contributed by atoms with E-state index in [2.05, 4.69) is 23.9 Å². The first-order valence-electron chi connectivity index (χ1n) is 6.52. The number of aromatic nitrogens is 3. The molecular weight excluding hydrogens is 246 g/mol. The molecule has 1 fully saturated rings. The maximum Gasteiger partial charge on any atom is 0.325 e. The first-order valence-corrected chi connectivity index (χ1v) is 6.52. The number of likely N-dealkylation sites (tertiary alicyclic amines) is 1. The van der Waals surface area contributed by atoms with Gasteiger partial charge in [-0.1, -0.05) is 13.8 Å². The van der Waals surface area contributed by atoms with Crippen molar-refractivity contribution in [2.75, 3.05) is 13.1 Å². The lowest BCUT2D eigenvalue weighted by Crippen LogP contribution is -2.50. The molecule has 3 N–H and O–H groups in total. The zero-order chi connectivity index (χ0) is 14.0. The Morgan fingerprint density at radius 2 is 2.37 bits per heavy atom. The van der Waals surface area contributed by atoms with Gasteiger partial charge in [0.15, 0.2) is 0 Å². The maximum absolute atomic E-state index is 11.1. The van der Waals surface area contributed by atoms with Crippen LogP contribution in [0.5, 0.6) is 0 Å². The van der Waals surface area contributed by atoms with Crippen LogP contribution < -0.4 is 5.73 Å². The van der Waals surface area contributed by atoms with Gasteiger partial charge in [-0.05, 0) is 12.3 Å². The molecule has 106 valence electrons. The molecule has 0 spiro atoms. The van der Waals surface area contributed by atoms with Crippen LogP contribution in [0, 0.1) is 5.92 Å². The first-order chi connectivity index (χ1) is 8.90. The highest BCUT2D eigenvalue weighted by Crippen LogP contribution is 2.20. The summed E-state index contributed by atoms with van der Waals surface area (Å²) in [5.41, 5.74) is 4.73. The normalized spacial score (nSPS) is 24.2. The topological polar surface area (TPSA) is 97.3 Å². The second kappa shape index (κ2) is 5.26. The van der Waals surface area contributed by atoms with Crippen LogP contribution >= 0.6 is 0 Å². The zero-order valence-electron chi connectivity index (χ0n) is 11.4. The molecule has 0 radical (unpaired) electrons. The van der Waals surface area contributed by atoms with Crippen LogP contribution in [0.4, 0.5) is 0 Å². The van der Waals surface area contributed by atoms with Crippen molar-refractivity contribution in [3.8, 4) is 0 Å². The van der Waals surface area contributed by atoms with E-state index in [0.29, 0.717) is 32.0 Å². The van der Waals surface area contributed by atoms with E-state index in [1.165, 1.54) is 0 Å². The Hall–Kier alpha value is -1.47. The third kappa shape index (κ3) is 3.10. The van der Waals surface area contributed by atoms with Crippen molar-refractivity contribution in [3.05, 3.63) is 12.2 Å². The van der Waals surface area contributed by atoms with Gasteiger partial charge in [0.05, 0.1) is 6.54 Å². The Balaban J connectivity index is 2.00. The molecule has 2 rings (SSSR count). The zero-order valence-corrected chi connectivity index (χ0v) is 11.4. The molecule has 0 aromatic carbocycles. The molecule has 7 heteroatoms. The Kier molecular flexibility index (Phi) is 3.86.